The minimum absolute atomic E-state index is 0. The Hall–Kier alpha value is -3.64. The van der Waals surface area contributed by atoms with Crippen LogP contribution < -0.4 is 0 Å². The molecule has 0 bridgehead atoms. The van der Waals surface area contributed by atoms with Crippen LogP contribution in [0.25, 0.3) is 0 Å². The first kappa shape index (κ1) is 97.4. The van der Waals surface area contributed by atoms with E-state index in [0.29, 0.717) is 25.7 Å². The van der Waals surface area contributed by atoms with Crippen molar-refractivity contribution < 1.29 is 64.1 Å². The molecule has 2 rings (SSSR count). The van der Waals surface area contributed by atoms with Crippen LogP contribution in [0.15, 0.2) is 94.8 Å². The van der Waals surface area contributed by atoms with Gasteiger partial charge in [0.25, 0.3) is 0 Å². The van der Waals surface area contributed by atoms with Crippen molar-refractivity contribution in [1.29, 1.82) is 0 Å². The number of unbranched alkanes of at least 4 members (excludes halogenated alkanes) is 48. The van der Waals surface area contributed by atoms with Crippen LogP contribution in [0.2, 0.25) is 0 Å². The first-order valence-corrected chi connectivity index (χ1v) is 42.8. The minimum atomic E-state index is -4.81. The molecule has 0 unspecified atom stereocenters. The maximum Gasteiger partial charge on any atom is 2.00 e. The van der Waals surface area contributed by atoms with E-state index in [1.807, 2.05) is 0 Å². The molecule has 0 spiro atoms. The molecule has 0 fully saturated rings. The van der Waals surface area contributed by atoms with Gasteiger partial charge in [-0.3, -0.25) is 0 Å². The van der Waals surface area contributed by atoms with Crippen LogP contribution in [-0.4, -0.2) is 114 Å². The Morgan fingerprint density at radius 1 is 0.267 bits per heavy atom. The summed E-state index contributed by atoms with van der Waals surface area (Å²) in [5.41, 5.74) is -0.681. The number of rotatable bonds is 66. The molecule has 14 nitrogen and oxygen atoms in total. The maximum absolute atomic E-state index is 12.9. The molecule has 2 aromatic carbocycles. The van der Waals surface area contributed by atoms with Gasteiger partial charge in [0.1, 0.15) is 20.2 Å². The van der Waals surface area contributed by atoms with E-state index >= 15 is 0 Å². The Morgan fingerprint density at radius 3 is 0.594 bits per heavy atom. The number of carbonyl (C=O) groups is 4. The van der Waals surface area contributed by atoms with Gasteiger partial charge < -0.3 is 28.1 Å². The molecule has 17 heteroatoms. The molecule has 0 heterocycles. The second-order valence-electron chi connectivity index (χ2n) is 27.3. The summed E-state index contributed by atoms with van der Waals surface area (Å²) in [7, 11) is -9.62. The standard InChI is InChI=1S/2C42H70O7S.Ca/c2*1-3-5-7-9-11-13-15-17-19-21-23-25-27-29-31-35-48-41(43)39-34-33-38(50(45,46)47)37-40(39)42(44)49-36-32-30-28-26-24-22-20-18-16-14-12-10-8-6-4-2;/h2*3-6,33-34,37H,7-32,35-36H2,1-2H3,(H,45,46,47);/q;;+2/p-2/b2*5-3+,6-4+;. The van der Waals surface area contributed by atoms with Crippen LogP contribution in [-0.2, 0) is 39.2 Å². The van der Waals surface area contributed by atoms with E-state index in [1.165, 1.54) is 243 Å². The third kappa shape index (κ3) is 57.3. The van der Waals surface area contributed by atoms with Crippen molar-refractivity contribution >= 4 is 81.9 Å². The largest absolute Gasteiger partial charge is 2.00 e. The average molecular weight is 1480 g/mol. The molecule has 0 aromatic heterocycles. The molecule has 0 saturated heterocycles. The molecular weight excluding hydrogens is 1340 g/mol. The first-order valence-electron chi connectivity index (χ1n) is 39.9. The zero-order valence-electron chi connectivity index (χ0n) is 63.9. The Bertz CT molecular complexity index is 2540. The summed E-state index contributed by atoms with van der Waals surface area (Å²) in [5, 5.41) is 0. The molecular formula is C84H138CaO14S2. The fraction of sp³-hybridized carbons (Fsp3) is 0.714. The SMILES string of the molecule is C/C=C/CCCCCCCCCCCCCCOC(=O)c1ccc(S(=O)(=O)[O-])cc1C(=O)OCCCCCCCCCCCCCC/C=C/C.C/C=C/CCCCCCCCCCCCCCOC(=O)c1ccc(S(=O)(=O)[O-])cc1C(=O)OCCCCCCCCCCCCCC/C=C/C.[Ca+2]. The van der Waals surface area contributed by atoms with Gasteiger partial charge in [-0.1, -0.05) is 305 Å². The van der Waals surface area contributed by atoms with Gasteiger partial charge in [-0.15, -0.1) is 0 Å². The van der Waals surface area contributed by atoms with Crippen molar-refractivity contribution in [2.24, 2.45) is 0 Å². The molecule has 0 atom stereocenters. The summed E-state index contributed by atoms with van der Waals surface area (Å²) in [6, 6.07) is 6.25. The molecule has 2 aromatic rings. The summed E-state index contributed by atoms with van der Waals surface area (Å²) in [5.74, 6) is -3.10. The van der Waals surface area contributed by atoms with Crippen LogP contribution in [0.3, 0.4) is 0 Å². The van der Waals surface area contributed by atoms with E-state index in [2.05, 4.69) is 76.3 Å². The molecule has 0 saturated carbocycles. The molecule has 0 aliphatic rings. The van der Waals surface area contributed by atoms with Crippen LogP contribution in [0, 0.1) is 0 Å². The molecule has 572 valence electrons. The average Bonchev–Trinajstić information content (AvgIpc) is 0.819. The van der Waals surface area contributed by atoms with E-state index in [1.54, 1.807) is 0 Å². The Kier molecular flexibility index (Phi) is 66.9. The Balaban J connectivity index is 0.00000196. The number of hydrogen-bond donors (Lipinski definition) is 0. The summed E-state index contributed by atoms with van der Waals surface area (Å²) in [4.78, 5) is 50.3. The summed E-state index contributed by atoms with van der Waals surface area (Å²) in [6.45, 7) is 9.03. The quantitative estimate of drug-likeness (QED) is 0.0150. The smallest absolute Gasteiger partial charge is 0.744 e. The van der Waals surface area contributed by atoms with E-state index in [9.17, 15) is 45.1 Å². The normalized spacial score (nSPS) is 11.8. The maximum atomic E-state index is 12.9. The van der Waals surface area contributed by atoms with Crippen molar-refractivity contribution in [3.8, 4) is 0 Å². The number of benzene rings is 2. The fourth-order valence-corrected chi connectivity index (χ4v) is 13.2. The van der Waals surface area contributed by atoms with Crippen molar-refractivity contribution in [3.63, 3.8) is 0 Å². The number of ether oxygens (including phenoxy) is 4. The predicted molar refractivity (Wildman–Crippen MR) is 415 cm³/mol. The monoisotopic (exact) mass is 1470 g/mol. The number of carbonyl (C=O) groups excluding carboxylic acids is 4. The van der Waals surface area contributed by atoms with E-state index in [0.717, 1.165) is 101 Å². The number of esters is 4. The van der Waals surface area contributed by atoms with Gasteiger partial charge in [-0.2, -0.15) is 0 Å². The van der Waals surface area contributed by atoms with Crippen molar-refractivity contribution in [2.45, 2.75) is 371 Å². The van der Waals surface area contributed by atoms with Gasteiger partial charge in [0.05, 0.1) is 58.5 Å². The van der Waals surface area contributed by atoms with Crippen LogP contribution >= 0.6 is 0 Å². The van der Waals surface area contributed by atoms with Gasteiger partial charge in [0.15, 0.2) is 0 Å². The van der Waals surface area contributed by atoms with Gasteiger partial charge in [0, 0.05) is 0 Å². The fourth-order valence-electron chi connectivity index (χ4n) is 12.2. The zero-order chi connectivity index (χ0) is 73.1. The zero-order valence-corrected chi connectivity index (χ0v) is 67.8. The van der Waals surface area contributed by atoms with Crippen molar-refractivity contribution in [2.75, 3.05) is 26.4 Å². The van der Waals surface area contributed by atoms with Gasteiger partial charge in [0.2, 0.25) is 0 Å². The summed E-state index contributed by atoms with van der Waals surface area (Å²) in [6.07, 6.45) is 79.0. The second-order valence-corrected chi connectivity index (χ2v) is 30.0. The predicted octanol–water partition coefficient (Wildman–Crippen LogP) is 24.0. The molecule has 0 radical (unpaired) electrons. The van der Waals surface area contributed by atoms with Gasteiger partial charge in [-0.25, -0.2) is 36.0 Å². The van der Waals surface area contributed by atoms with Crippen molar-refractivity contribution in [3.05, 3.63) is 107 Å². The number of allylic oxidation sites excluding steroid dienone is 8. The van der Waals surface area contributed by atoms with Crippen LogP contribution in [0.4, 0.5) is 0 Å². The van der Waals surface area contributed by atoms with Crippen LogP contribution in [0.5, 0.6) is 0 Å². The van der Waals surface area contributed by atoms with Gasteiger partial charge in [-0.05, 0) is 141 Å². The molecule has 0 N–H and O–H groups in total. The molecule has 0 amide bonds. The third-order valence-corrected chi connectivity index (χ3v) is 20.0. The number of hydrogen-bond acceptors (Lipinski definition) is 14. The van der Waals surface area contributed by atoms with Crippen molar-refractivity contribution in [1.82, 2.24) is 0 Å². The van der Waals surface area contributed by atoms with E-state index in [4.69, 9.17) is 18.9 Å². The molecule has 101 heavy (non-hydrogen) atoms. The van der Waals surface area contributed by atoms with E-state index in [-0.39, 0.29) is 86.4 Å². The Labute approximate surface area is 645 Å². The summed E-state index contributed by atoms with van der Waals surface area (Å²) >= 11 is 0. The van der Waals surface area contributed by atoms with Crippen LogP contribution in [0.1, 0.15) is 403 Å². The van der Waals surface area contributed by atoms with E-state index < -0.39 is 53.9 Å². The second kappa shape index (κ2) is 69.4. The molecule has 0 aliphatic heterocycles. The minimum Gasteiger partial charge on any atom is -0.744 e. The third-order valence-electron chi connectivity index (χ3n) is 18.4. The Morgan fingerprint density at radius 2 is 0.426 bits per heavy atom. The van der Waals surface area contributed by atoms with Gasteiger partial charge >= 0.3 is 61.6 Å². The first-order chi connectivity index (χ1) is 48.6. The summed E-state index contributed by atoms with van der Waals surface area (Å²) < 4.78 is 91.3. The topological polar surface area (TPSA) is 220 Å². The molecule has 0 aliphatic carbocycles.